The Morgan fingerprint density at radius 2 is 1.96 bits per heavy atom. The second-order valence-electron chi connectivity index (χ2n) is 8.58. The number of carbonyl (C=O) groups is 1. The average molecular weight is 406 g/mol. The van der Waals surface area contributed by atoms with E-state index in [-0.39, 0.29) is 17.5 Å². The number of hydrogen-bond donors (Lipinski definition) is 1. The van der Waals surface area contributed by atoms with Crippen LogP contribution in [-0.2, 0) is 14.2 Å². The van der Waals surface area contributed by atoms with Crippen molar-refractivity contribution in [2.75, 3.05) is 25.6 Å². The van der Waals surface area contributed by atoms with Crippen LogP contribution in [0.15, 0.2) is 6.07 Å². The molecule has 0 bridgehead atoms. The highest BCUT2D eigenvalue weighted by molar-refractivity contribution is 7.15. The van der Waals surface area contributed by atoms with Crippen molar-refractivity contribution in [2.24, 2.45) is 5.41 Å². The summed E-state index contributed by atoms with van der Waals surface area (Å²) in [6, 6.07) is 2.31. The Bertz CT molecular complexity index is 726. The van der Waals surface area contributed by atoms with Gasteiger partial charge in [-0.1, -0.05) is 11.8 Å². The maximum absolute atomic E-state index is 12.2. The SMILES string of the molecule is COC(=O)c1sc(C#CC(C)(C)C)cc1NC1CCC(O[C@H]2CCOC2)CC1. The second kappa shape index (κ2) is 9.30. The van der Waals surface area contributed by atoms with Crippen LogP contribution in [0.25, 0.3) is 0 Å². The lowest BCUT2D eigenvalue weighted by molar-refractivity contribution is -0.0331. The van der Waals surface area contributed by atoms with Crippen LogP contribution >= 0.6 is 11.3 Å². The summed E-state index contributed by atoms with van der Waals surface area (Å²) >= 11 is 1.39. The summed E-state index contributed by atoms with van der Waals surface area (Å²) < 4.78 is 16.5. The van der Waals surface area contributed by atoms with E-state index in [9.17, 15) is 4.79 Å². The standard InChI is InChI=1S/C22H31NO4S/c1-22(2,3)11-9-18-13-19(20(28-18)21(24)25-4)23-15-5-7-16(8-6-15)27-17-10-12-26-14-17/h13,15-17,23H,5-8,10,12,14H2,1-4H3/t15?,16?,17-/m0/s1. The van der Waals surface area contributed by atoms with Crippen LogP contribution in [-0.4, -0.2) is 44.5 Å². The molecular formula is C22H31NO4S. The summed E-state index contributed by atoms with van der Waals surface area (Å²) in [6.45, 7) is 7.77. The Kier molecular flexibility index (Phi) is 7.03. The van der Waals surface area contributed by atoms with Crippen LogP contribution < -0.4 is 5.32 Å². The summed E-state index contributed by atoms with van der Waals surface area (Å²) in [5, 5.41) is 3.56. The van der Waals surface area contributed by atoms with Gasteiger partial charge in [-0.05, 0) is 58.9 Å². The zero-order valence-corrected chi connectivity index (χ0v) is 18.1. The van der Waals surface area contributed by atoms with E-state index < -0.39 is 0 Å². The van der Waals surface area contributed by atoms with Gasteiger partial charge in [0.25, 0.3) is 0 Å². The van der Waals surface area contributed by atoms with Gasteiger partial charge in [-0.25, -0.2) is 4.79 Å². The predicted molar refractivity (Wildman–Crippen MR) is 112 cm³/mol. The van der Waals surface area contributed by atoms with E-state index in [1.54, 1.807) is 0 Å². The zero-order valence-electron chi connectivity index (χ0n) is 17.3. The number of carbonyl (C=O) groups excluding carboxylic acids is 1. The molecule has 1 saturated carbocycles. The zero-order chi connectivity index (χ0) is 20.1. The first-order valence-electron chi connectivity index (χ1n) is 10.1. The lowest BCUT2D eigenvalue weighted by atomic mass is 9.92. The molecule has 2 aliphatic rings. The molecule has 1 aliphatic carbocycles. The van der Waals surface area contributed by atoms with E-state index in [0.717, 1.165) is 55.9 Å². The molecule has 1 N–H and O–H groups in total. The smallest absolute Gasteiger partial charge is 0.350 e. The van der Waals surface area contributed by atoms with Crippen molar-refractivity contribution in [3.8, 4) is 11.8 Å². The van der Waals surface area contributed by atoms with Crippen molar-refractivity contribution in [2.45, 2.75) is 71.1 Å². The molecule has 3 rings (SSSR count). The molecule has 0 spiro atoms. The molecule has 154 valence electrons. The van der Waals surface area contributed by atoms with Gasteiger partial charge >= 0.3 is 5.97 Å². The van der Waals surface area contributed by atoms with Gasteiger partial charge in [0.15, 0.2) is 0 Å². The van der Waals surface area contributed by atoms with Crippen molar-refractivity contribution >= 4 is 23.0 Å². The lowest BCUT2D eigenvalue weighted by Gasteiger charge is -2.31. The highest BCUT2D eigenvalue weighted by Gasteiger charge is 2.27. The summed E-state index contributed by atoms with van der Waals surface area (Å²) in [5.74, 6) is 6.12. The van der Waals surface area contributed by atoms with Gasteiger partial charge in [-0.3, -0.25) is 0 Å². The quantitative estimate of drug-likeness (QED) is 0.579. The Hall–Kier alpha value is -1.55. The maximum atomic E-state index is 12.2. The first-order valence-corrected chi connectivity index (χ1v) is 10.9. The molecular weight excluding hydrogens is 374 g/mol. The topological polar surface area (TPSA) is 56.8 Å². The highest BCUT2D eigenvalue weighted by Crippen LogP contribution is 2.32. The van der Waals surface area contributed by atoms with E-state index in [1.165, 1.54) is 18.4 Å². The molecule has 1 aromatic heterocycles. The van der Waals surface area contributed by atoms with Crippen LogP contribution in [0.4, 0.5) is 5.69 Å². The van der Waals surface area contributed by atoms with Crippen molar-refractivity contribution in [1.82, 2.24) is 0 Å². The van der Waals surface area contributed by atoms with Gasteiger partial charge in [-0.2, -0.15) is 0 Å². The van der Waals surface area contributed by atoms with Crippen LogP contribution in [0.2, 0.25) is 0 Å². The minimum atomic E-state index is -0.311. The van der Waals surface area contributed by atoms with Crippen LogP contribution in [0.3, 0.4) is 0 Å². The highest BCUT2D eigenvalue weighted by atomic mass is 32.1. The van der Waals surface area contributed by atoms with Gasteiger partial charge in [0.1, 0.15) is 4.88 Å². The van der Waals surface area contributed by atoms with Crippen LogP contribution in [0, 0.1) is 17.3 Å². The average Bonchev–Trinajstić information content (AvgIpc) is 3.30. The second-order valence-corrected chi connectivity index (χ2v) is 9.64. The molecule has 28 heavy (non-hydrogen) atoms. The number of methoxy groups -OCH3 is 1. The molecule has 0 unspecified atom stereocenters. The Balaban J connectivity index is 1.61. The van der Waals surface area contributed by atoms with Crippen molar-refractivity contribution in [3.05, 3.63) is 15.8 Å². The fraction of sp³-hybridized carbons (Fsp3) is 0.682. The molecule has 0 amide bonds. The van der Waals surface area contributed by atoms with E-state index in [1.807, 2.05) is 6.07 Å². The molecule has 0 radical (unpaired) electrons. The largest absolute Gasteiger partial charge is 0.465 e. The van der Waals surface area contributed by atoms with Crippen LogP contribution in [0.1, 0.15) is 67.4 Å². The minimum Gasteiger partial charge on any atom is -0.465 e. The first-order chi connectivity index (χ1) is 13.3. The van der Waals surface area contributed by atoms with Gasteiger partial charge in [0.2, 0.25) is 0 Å². The maximum Gasteiger partial charge on any atom is 0.350 e. The summed E-state index contributed by atoms with van der Waals surface area (Å²) in [4.78, 5) is 13.7. The van der Waals surface area contributed by atoms with E-state index in [4.69, 9.17) is 14.2 Å². The summed E-state index contributed by atoms with van der Waals surface area (Å²) in [7, 11) is 1.42. The number of esters is 1. The monoisotopic (exact) mass is 405 g/mol. The Morgan fingerprint density at radius 1 is 1.21 bits per heavy atom. The van der Waals surface area contributed by atoms with Crippen molar-refractivity contribution in [1.29, 1.82) is 0 Å². The number of nitrogens with one attached hydrogen (secondary N) is 1. The van der Waals surface area contributed by atoms with Gasteiger partial charge in [0.05, 0.1) is 36.5 Å². The van der Waals surface area contributed by atoms with Gasteiger partial charge in [-0.15, -0.1) is 11.3 Å². The predicted octanol–water partition coefficient (Wildman–Crippen LogP) is 4.46. The number of ether oxygens (including phenoxy) is 3. The molecule has 6 heteroatoms. The molecule has 2 fully saturated rings. The molecule has 1 atom stereocenters. The molecule has 0 aromatic carbocycles. The third-order valence-electron chi connectivity index (χ3n) is 4.97. The number of thiophene rings is 1. The third kappa shape index (κ3) is 5.97. The van der Waals surface area contributed by atoms with Crippen LogP contribution in [0.5, 0.6) is 0 Å². The van der Waals surface area contributed by atoms with E-state index >= 15 is 0 Å². The van der Waals surface area contributed by atoms with Gasteiger partial charge in [0, 0.05) is 18.1 Å². The lowest BCUT2D eigenvalue weighted by Crippen LogP contribution is -2.32. The third-order valence-corrected chi connectivity index (χ3v) is 6.00. The number of anilines is 1. The summed E-state index contributed by atoms with van der Waals surface area (Å²) in [6.07, 6.45) is 5.70. The fourth-order valence-corrected chi connectivity index (χ4v) is 4.40. The Labute approximate surface area is 172 Å². The van der Waals surface area contributed by atoms with E-state index in [0.29, 0.717) is 17.0 Å². The van der Waals surface area contributed by atoms with Crippen molar-refractivity contribution < 1.29 is 19.0 Å². The first kappa shape index (κ1) is 21.2. The van der Waals surface area contributed by atoms with Crippen molar-refractivity contribution in [3.63, 3.8) is 0 Å². The summed E-state index contributed by atoms with van der Waals surface area (Å²) in [5.41, 5.74) is 0.759. The number of hydrogen-bond acceptors (Lipinski definition) is 6. The Morgan fingerprint density at radius 3 is 2.57 bits per heavy atom. The number of rotatable bonds is 5. The normalized spacial score (nSPS) is 25.1. The minimum absolute atomic E-state index is 0.0776. The molecule has 1 aliphatic heterocycles. The van der Waals surface area contributed by atoms with Gasteiger partial charge < -0.3 is 19.5 Å². The molecule has 1 saturated heterocycles. The molecule has 1 aromatic rings. The fourth-order valence-electron chi connectivity index (χ4n) is 3.51. The molecule has 5 nitrogen and oxygen atoms in total. The van der Waals surface area contributed by atoms with E-state index in [2.05, 4.69) is 37.9 Å². The molecule has 2 heterocycles.